The van der Waals surface area contributed by atoms with Gasteiger partial charge in [-0.3, -0.25) is 0 Å². The summed E-state index contributed by atoms with van der Waals surface area (Å²) >= 11 is 5.82. The van der Waals surface area contributed by atoms with E-state index in [-0.39, 0.29) is 5.75 Å². The Hall–Kier alpha value is -1.54. The molecule has 0 bridgehead atoms. The van der Waals surface area contributed by atoms with Crippen LogP contribution >= 0.6 is 11.6 Å². The van der Waals surface area contributed by atoms with Crippen molar-refractivity contribution in [2.24, 2.45) is 0 Å². The van der Waals surface area contributed by atoms with Gasteiger partial charge in [0, 0.05) is 16.7 Å². The van der Waals surface area contributed by atoms with Gasteiger partial charge in [0.2, 0.25) is 0 Å². The van der Waals surface area contributed by atoms with Gasteiger partial charge in [-0.05, 0) is 29.8 Å². The van der Waals surface area contributed by atoms with Crippen molar-refractivity contribution in [3.8, 4) is 16.9 Å². The number of benzene rings is 2. The largest absolute Gasteiger partial charge is 0.507 e. The van der Waals surface area contributed by atoms with E-state index < -0.39 is 5.82 Å². The van der Waals surface area contributed by atoms with E-state index in [2.05, 4.69) is 0 Å². The van der Waals surface area contributed by atoms with Gasteiger partial charge in [0.15, 0.2) is 0 Å². The fourth-order valence-corrected chi connectivity index (χ4v) is 1.60. The molecule has 1 nitrogen and oxygen atoms in total. The maximum absolute atomic E-state index is 12.8. The SMILES string of the molecule is Oc1cc(F)ccc1-c1cccc(Cl)c1. The number of hydrogen-bond donors (Lipinski definition) is 1. The number of phenolic OH excluding ortho intramolecular Hbond substituents is 1. The number of phenols is 1. The zero-order chi connectivity index (χ0) is 10.8. The van der Waals surface area contributed by atoms with Crippen molar-refractivity contribution in [3.05, 3.63) is 53.3 Å². The van der Waals surface area contributed by atoms with Crippen molar-refractivity contribution >= 4 is 11.6 Å². The molecule has 0 atom stereocenters. The van der Waals surface area contributed by atoms with Crippen LogP contribution in [-0.4, -0.2) is 5.11 Å². The standard InChI is InChI=1S/C12H8ClFO/c13-9-3-1-2-8(6-9)11-5-4-10(14)7-12(11)15/h1-7,15H. The second-order valence-electron chi connectivity index (χ2n) is 3.17. The second kappa shape index (κ2) is 3.91. The monoisotopic (exact) mass is 222 g/mol. The molecule has 2 aromatic rings. The number of rotatable bonds is 1. The highest BCUT2D eigenvalue weighted by molar-refractivity contribution is 6.30. The van der Waals surface area contributed by atoms with Crippen LogP contribution in [0.15, 0.2) is 42.5 Å². The molecule has 15 heavy (non-hydrogen) atoms. The summed E-state index contributed by atoms with van der Waals surface area (Å²) in [6.07, 6.45) is 0. The lowest BCUT2D eigenvalue weighted by Crippen LogP contribution is -1.81. The summed E-state index contributed by atoms with van der Waals surface area (Å²) in [5.41, 5.74) is 1.33. The molecule has 0 aliphatic rings. The fourth-order valence-electron chi connectivity index (χ4n) is 1.40. The third-order valence-corrected chi connectivity index (χ3v) is 2.33. The smallest absolute Gasteiger partial charge is 0.126 e. The maximum Gasteiger partial charge on any atom is 0.126 e. The Kier molecular flexibility index (Phi) is 2.60. The van der Waals surface area contributed by atoms with Gasteiger partial charge in [0.1, 0.15) is 11.6 Å². The molecule has 2 rings (SSSR count). The molecular weight excluding hydrogens is 215 g/mol. The van der Waals surface area contributed by atoms with E-state index in [1.165, 1.54) is 12.1 Å². The molecule has 0 aliphatic carbocycles. The highest BCUT2D eigenvalue weighted by Crippen LogP contribution is 2.30. The van der Waals surface area contributed by atoms with Crippen molar-refractivity contribution in [2.75, 3.05) is 0 Å². The molecule has 2 aromatic carbocycles. The normalized spacial score (nSPS) is 10.3. The van der Waals surface area contributed by atoms with E-state index in [4.69, 9.17) is 11.6 Å². The second-order valence-corrected chi connectivity index (χ2v) is 3.61. The van der Waals surface area contributed by atoms with Gasteiger partial charge in [0.05, 0.1) is 0 Å². The molecule has 0 unspecified atom stereocenters. The van der Waals surface area contributed by atoms with Crippen LogP contribution in [0.5, 0.6) is 5.75 Å². The minimum Gasteiger partial charge on any atom is -0.507 e. The van der Waals surface area contributed by atoms with Gasteiger partial charge in [0.25, 0.3) is 0 Å². The lowest BCUT2D eigenvalue weighted by atomic mass is 10.0. The molecule has 0 aliphatic heterocycles. The van der Waals surface area contributed by atoms with Crippen molar-refractivity contribution in [1.82, 2.24) is 0 Å². The Morgan fingerprint density at radius 1 is 1.07 bits per heavy atom. The zero-order valence-electron chi connectivity index (χ0n) is 7.74. The van der Waals surface area contributed by atoms with Gasteiger partial charge in [-0.15, -0.1) is 0 Å². The topological polar surface area (TPSA) is 20.2 Å². The first kappa shape index (κ1) is 9.99. The first-order valence-electron chi connectivity index (χ1n) is 4.41. The Balaban J connectivity index is 2.54. The summed E-state index contributed by atoms with van der Waals surface area (Å²) < 4.78 is 12.8. The average molecular weight is 223 g/mol. The third-order valence-electron chi connectivity index (χ3n) is 2.10. The van der Waals surface area contributed by atoms with Crippen LogP contribution in [0.2, 0.25) is 5.02 Å². The molecule has 0 saturated carbocycles. The van der Waals surface area contributed by atoms with Crippen molar-refractivity contribution in [3.63, 3.8) is 0 Å². The third kappa shape index (κ3) is 2.10. The summed E-state index contributed by atoms with van der Waals surface area (Å²) in [5, 5.41) is 10.1. The first-order valence-corrected chi connectivity index (χ1v) is 4.79. The van der Waals surface area contributed by atoms with Crippen LogP contribution in [0.25, 0.3) is 11.1 Å². The van der Waals surface area contributed by atoms with Crippen LogP contribution < -0.4 is 0 Å². The van der Waals surface area contributed by atoms with Crippen LogP contribution in [0.4, 0.5) is 4.39 Å². The molecule has 3 heteroatoms. The van der Waals surface area contributed by atoms with Crippen LogP contribution in [0.1, 0.15) is 0 Å². The summed E-state index contributed by atoms with van der Waals surface area (Å²) in [5.74, 6) is -0.546. The molecule has 1 N–H and O–H groups in total. The molecule has 0 amide bonds. The summed E-state index contributed by atoms with van der Waals surface area (Å²) in [7, 11) is 0. The van der Waals surface area contributed by atoms with E-state index in [1.54, 1.807) is 24.3 Å². The molecule has 0 fully saturated rings. The highest BCUT2D eigenvalue weighted by Gasteiger charge is 2.05. The molecular formula is C12H8ClFO. The maximum atomic E-state index is 12.8. The average Bonchev–Trinajstić information content (AvgIpc) is 2.17. The van der Waals surface area contributed by atoms with E-state index in [0.717, 1.165) is 11.6 Å². The van der Waals surface area contributed by atoms with Crippen LogP contribution in [0, 0.1) is 5.82 Å². The first-order chi connectivity index (χ1) is 7.16. The molecule has 0 radical (unpaired) electrons. The summed E-state index contributed by atoms with van der Waals surface area (Å²) in [4.78, 5) is 0. The quantitative estimate of drug-likeness (QED) is 0.777. The lowest BCUT2D eigenvalue weighted by molar-refractivity contribution is 0.471. The number of halogens is 2. The number of aromatic hydroxyl groups is 1. The summed E-state index contributed by atoms with van der Waals surface area (Å²) in [6, 6.07) is 10.9. The van der Waals surface area contributed by atoms with Crippen LogP contribution in [0.3, 0.4) is 0 Å². The Morgan fingerprint density at radius 3 is 2.53 bits per heavy atom. The Bertz CT molecular complexity index is 497. The Morgan fingerprint density at radius 2 is 1.87 bits per heavy atom. The van der Waals surface area contributed by atoms with Gasteiger partial charge >= 0.3 is 0 Å². The van der Waals surface area contributed by atoms with E-state index in [9.17, 15) is 9.50 Å². The van der Waals surface area contributed by atoms with Gasteiger partial charge < -0.3 is 5.11 Å². The van der Waals surface area contributed by atoms with E-state index in [0.29, 0.717) is 10.6 Å². The fraction of sp³-hybridized carbons (Fsp3) is 0. The van der Waals surface area contributed by atoms with Gasteiger partial charge in [-0.2, -0.15) is 0 Å². The molecule has 0 spiro atoms. The highest BCUT2D eigenvalue weighted by atomic mass is 35.5. The minimum atomic E-state index is -0.460. The predicted octanol–water partition coefficient (Wildman–Crippen LogP) is 3.85. The van der Waals surface area contributed by atoms with Crippen LogP contribution in [-0.2, 0) is 0 Å². The predicted molar refractivity (Wildman–Crippen MR) is 58.5 cm³/mol. The minimum absolute atomic E-state index is 0.0859. The van der Waals surface area contributed by atoms with E-state index >= 15 is 0 Å². The molecule has 0 heterocycles. The van der Waals surface area contributed by atoms with Gasteiger partial charge in [-0.1, -0.05) is 23.7 Å². The van der Waals surface area contributed by atoms with Crippen molar-refractivity contribution in [1.29, 1.82) is 0 Å². The zero-order valence-corrected chi connectivity index (χ0v) is 8.50. The van der Waals surface area contributed by atoms with Gasteiger partial charge in [-0.25, -0.2) is 4.39 Å². The molecule has 76 valence electrons. The Labute approximate surface area is 91.8 Å². The van der Waals surface area contributed by atoms with Crippen molar-refractivity contribution in [2.45, 2.75) is 0 Å². The van der Waals surface area contributed by atoms with E-state index in [1.807, 2.05) is 0 Å². The summed E-state index contributed by atoms with van der Waals surface area (Å²) in [6.45, 7) is 0. The lowest BCUT2D eigenvalue weighted by Gasteiger charge is -2.04. The molecule has 0 aromatic heterocycles. The number of hydrogen-bond acceptors (Lipinski definition) is 1. The van der Waals surface area contributed by atoms with Crippen molar-refractivity contribution < 1.29 is 9.50 Å². The molecule has 0 saturated heterocycles.